The molecule has 1 atom stereocenters. The minimum absolute atomic E-state index is 0.0404. The second-order valence-electron chi connectivity index (χ2n) is 7.67. The van der Waals surface area contributed by atoms with Gasteiger partial charge in [-0.25, -0.2) is 8.42 Å². The number of carbonyl (C=O) groups excluding carboxylic acids is 1. The molecular weight excluding hydrogens is 370 g/mol. The summed E-state index contributed by atoms with van der Waals surface area (Å²) in [7, 11) is -3.60. The van der Waals surface area contributed by atoms with Crippen molar-refractivity contribution in [3.8, 4) is 0 Å². The van der Waals surface area contributed by atoms with Gasteiger partial charge in [-0.3, -0.25) is 4.79 Å². The van der Waals surface area contributed by atoms with Gasteiger partial charge < -0.3 is 0 Å². The molecule has 0 spiro atoms. The van der Waals surface area contributed by atoms with Crippen LogP contribution in [-0.2, 0) is 14.8 Å². The highest BCUT2D eigenvalue weighted by Gasteiger charge is 2.46. The number of ketones is 1. The maximum absolute atomic E-state index is 13.2. The first-order chi connectivity index (χ1) is 13.3. The lowest BCUT2D eigenvalue weighted by Crippen LogP contribution is -2.30. The normalized spacial score (nSPS) is 20.0. The Morgan fingerprint density at radius 2 is 1.64 bits per heavy atom. The second kappa shape index (κ2) is 6.83. The molecule has 4 rings (SSSR count). The van der Waals surface area contributed by atoms with Gasteiger partial charge in [0.2, 0.25) is 10.0 Å². The van der Waals surface area contributed by atoms with Gasteiger partial charge in [0.05, 0.1) is 4.90 Å². The molecule has 0 aromatic heterocycles. The fourth-order valence-corrected chi connectivity index (χ4v) is 5.61. The monoisotopic (exact) mass is 393 g/mol. The Kier molecular flexibility index (Phi) is 4.60. The Labute approximate surface area is 166 Å². The van der Waals surface area contributed by atoms with Crippen LogP contribution in [0.15, 0.2) is 76.2 Å². The minimum atomic E-state index is -3.60. The maximum Gasteiger partial charge on any atom is 0.243 e. The molecule has 0 amide bonds. The summed E-state index contributed by atoms with van der Waals surface area (Å²) in [6.07, 6.45) is 0. The van der Waals surface area contributed by atoms with Crippen LogP contribution in [0, 0.1) is 12.8 Å². The summed E-state index contributed by atoms with van der Waals surface area (Å²) >= 11 is 0. The molecule has 2 aromatic rings. The van der Waals surface area contributed by atoms with Crippen molar-refractivity contribution >= 4 is 21.4 Å². The minimum Gasteiger partial charge on any atom is -0.289 e. The van der Waals surface area contributed by atoms with Crippen molar-refractivity contribution in [2.45, 2.75) is 25.7 Å². The number of benzene rings is 2. The SMILES string of the molecule is CC(C)=C1C(=O)C(c2ccccc2)=C2CN(S(=O)(=O)c3ccc(C)cc3)CC21. The van der Waals surface area contributed by atoms with Crippen molar-refractivity contribution < 1.29 is 13.2 Å². The highest BCUT2D eigenvalue weighted by molar-refractivity contribution is 7.89. The van der Waals surface area contributed by atoms with Crippen LogP contribution in [0.3, 0.4) is 0 Å². The van der Waals surface area contributed by atoms with Crippen molar-refractivity contribution in [3.05, 3.63) is 82.4 Å². The number of nitrogens with zero attached hydrogens (tertiary/aromatic N) is 1. The third kappa shape index (κ3) is 2.95. The Morgan fingerprint density at radius 1 is 1.00 bits per heavy atom. The van der Waals surface area contributed by atoms with Crippen molar-refractivity contribution in [2.24, 2.45) is 5.92 Å². The fourth-order valence-electron chi connectivity index (χ4n) is 4.18. The molecule has 1 fully saturated rings. The van der Waals surface area contributed by atoms with Crippen LogP contribution in [0.1, 0.15) is 25.0 Å². The largest absolute Gasteiger partial charge is 0.289 e. The summed E-state index contributed by atoms with van der Waals surface area (Å²) in [4.78, 5) is 13.4. The highest BCUT2D eigenvalue weighted by Crippen LogP contribution is 2.45. The predicted octanol–water partition coefficient (Wildman–Crippen LogP) is 3.99. The first-order valence-corrected chi connectivity index (χ1v) is 10.8. The smallest absolute Gasteiger partial charge is 0.243 e. The Morgan fingerprint density at radius 3 is 2.25 bits per heavy atom. The van der Waals surface area contributed by atoms with Crippen molar-refractivity contribution in [2.75, 3.05) is 13.1 Å². The van der Waals surface area contributed by atoms with Crippen LogP contribution < -0.4 is 0 Å². The second-order valence-corrected chi connectivity index (χ2v) is 9.61. The van der Waals surface area contributed by atoms with Crippen LogP contribution in [-0.4, -0.2) is 31.6 Å². The number of Topliss-reactive ketones (excluding diaryl/α,β-unsaturated/α-hetero) is 1. The molecule has 2 aromatic carbocycles. The molecule has 144 valence electrons. The summed E-state index contributed by atoms with van der Waals surface area (Å²) in [5.41, 5.74) is 5.16. The van der Waals surface area contributed by atoms with Gasteiger partial charge >= 0.3 is 0 Å². The molecule has 1 unspecified atom stereocenters. The van der Waals surface area contributed by atoms with Gasteiger partial charge in [-0.15, -0.1) is 0 Å². The van der Waals surface area contributed by atoms with Crippen LogP contribution in [0.5, 0.6) is 0 Å². The number of aryl methyl sites for hydroxylation is 1. The molecule has 1 heterocycles. The number of rotatable bonds is 3. The Bertz CT molecular complexity index is 1110. The number of sulfonamides is 1. The van der Waals surface area contributed by atoms with Gasteiger partial charge in [-0.05, 0) is 44.0 Å². The molecule has 28 heavy (non-hydrogen) atoms. The molecule has 0 bridgehead atoms. The molecule has 5 heteroatoms. The zero-order chi connectivity index (χ0) is 20.1. The first kappa shape index (κ1) is 18.8. The highest BCUT2D eigenvalue weighted by atomic mass is 32.2. The van der Waals surface area contributed by atoms with Crippen LogP contribution >= 0.6 is 0 Å². The molecule has 0 saturated carbocycles. The predicted molar refractivity (Wildman–Crippen MR) is 110 cm³/mol. The van der Waals surface area contributed by atoms with E-state index in [0.717, 1.165) is 27.8 Å². The van der Waals surface area contributed by atoms with E-state index in [4.69, 9.17) is 0 Å². The van der Waals surface area contributed by atoms with Crippen molar-refractivity contribution in [3.63, 3.8) is 0 Å². The average molecular weight is 394 g/mol. The van der Waals surface area contributed by atoms with Gasteiger partial charge in [0.1, 0.15) is 0 Å². The molecular formula is C23H23NO3S. The van der Waals surface area contributed by atoms with E-state index in [1.165, 1.54) is 4.31 Å². The van der Waals surface area contributed by atoms with Gasteiger partial charge in [0.15, 0.2) is 5.78 Å². The van der Waals surface area contributed by atoms with Gasteiger partial charge in [0.25, 0.3) is 0 Å². The number of hydrogen-bond donors (Lipinski definition) is 0. The zero-order valence-corrected chi connectivity index (χ0v) is 17.1. The third-order valence-electron chi connectivity index (χ3n) is 5.55. The summed E-state index contributed by atoms with van der Waals surface area (Å²) < 4.78 is 27.9. The van der Waals surface area contributed by atoms with Crippen LogP contribution in [0.4, 0.5) is 0 Å². The number of carbonyl (C=O) groups is 1. The molecule has 1 aliphatic carbocycles. The van der Waals surface area contributed by atoms with E-state index < -0.39 is 10.0 Å². The van der Waals surface area contributed by atoms with Gasteiger partial charge in [0, 0.05) is 30.2 Å². The quantitative estimate of drug-likeness (QED) is 0.741. The van der Waals surface area contributed by atoms with E-state index in [1.807, 2.05) is 63.2 Å². The van der Waals surface area contributed by atoms with E-state index >= 15 is 0 Å². The number of hydrogen-bond acceptors (Lipinski definition) is 3. The molecule has 4 nitrogen and oxygen atoms in total. The maximum atomic E-state index is 13.2. The van der Waals surface area contributed by atoms with E-state index in [2.05, 4.69) is 0 Å². The van der Waals surface area contributed by atoms with E-state index in [1.54, 1.807) is 12.1 Å². The molecule has 0 radical (unpaired) electrons. The number of allylic oxidation sites excluding steroid dienone is 2. The van der Waals surface area contributed by atoms with Crippen LogP contribution in [0.25, 0.3) is 5.57 Å². The summed E-state index contributed by atoms with van der Waals surface area (Å²) in [6, 6.07) is 16.5. The average Bonchev–Trinajstić information content (AvgIpc) is 3.19. The standard InChI is InChI=1S/C23H23NO3S/c1-15(2)21-19-13-24(28(26,27)18-11-9-16(3)10-12-18)14-20(19)22(23(21)25)17-7-5-4-6-8-17/h4-12,19H,13-14H2,1-3H3. The Hall–Kier alpha value is -2.50. The van der Waals surface area contributed by atoms with Gasteiger partial charge in [-0.2, -0.15) is 4.31 Å². The molecule has 1 aliphatic heterocycles. The summed E-state index contributed by atoms with van der Waals surface area (Å²) in [5, 5.41) is 0. The lowest BCUT2D eigenvalue weighted by atomic mass is 9.96. The molecule has 2 aliphatic rings. The Balaban J connectivity index is 1.80. The topological polar surface area (TPSA) is 54.5 Å². The van der Waals surface area contributed by atoms with Crippen LogP contribution in [0.2, 0.25) is 0 Å². The van der Waals surface area contributed by atoms with Crippen molar-refractivity contribution in [1.29, 1.82) is 0 Å². The summed E-state index contributed by atoms with van der Waals surface area (Å²) in [5.74, 6) is -0.119. The van der Waals surface area contributed by atoms with Crippen molar-refractivity contribution in [1.82, 2.24) is 4.31 Å². The summed E-state index contributed by atoms with van der Waals surface area (Å²) in [6.45, 7) is 6.36. The van der Waals surface area contributed by atoms with Gasteiger partial charge in [-0.1, -0.05) is 53.6 Å². The molecule has 1 saturated heterocycles. The lowest BCUT2D eigenvalue weighted by Gasteiger charge is -2.18. The molecule has 0 N–H and O–H groups in total. The van der Waals surface area contributed by atoms with E-state index in [9.17, 15) is 13.2 Å². The first-order valence-electron chi connectivity index (χ1n) is 9.38. The third-order valence-corrected chi connectivity index (χ3v) is 7.38. The number of fused-ring (bicyclic) bond motifs is 1. The van der Waals surface area contributed by atoms with E-state index in [0.29, 0.717) is 17.0 Å². The van der Waals surface area contributed by atoms with E-state index in [-0.39, 0.29) is 18.2 Å². The lowest BCUT2D eigenvalue weighted by molar-refractivity contribution is -0.110. The zero-order valence-electron chi connectivity index (χ0n) is 16.3. The fraction of sp³-hybridized carbons (Fsp3) is 0.261.